The van der Waals surface area contributed by atoms with Gasteiger partial charge < -0.3 is 9.67 Å². The third kappa shape index (κ3) is 1.58. The molecule has 5 heteroatoms. The fourth-order valence-electron chi connectivity index (χ4n) is 0.967. The van der Waals surface area contributed by atoms with Crippen LogP contribution in [-0.2, 0) is 7.05 Å². The van der Waals surface area contributed by atoms with Gasteiger partial charge in [0.15, 0.2) is 5.15 Å². The zero-order valence-corrected chi connectivity index (χ0v) is 7.28. The fourth-order valence-corrected chi connectivity index (χ4v) is 1.27. The van der Waals surface area contributed by atoms with Crippen LogP contribution >= 0.6 is 11.6 Å². The highest BCUT2D eigenvalue weighted by Gasteiger charge is 2.15. The Morgan fingerprint density at radius 3 is 3.00 bits per heavy atom. The van der Waals surface area contributed by atoms with Crippen molar-refractivity contribution in [1.82, 2.24) is 9.55 Å². The number of aliphatic hydroxyl groups is 1. The van der Waals surface area contributed by atoms with Crippen LogP contribution in [0.4, 0.5) is 0 Å². The first-order valence-corrected chi connectivity index (χ1v) is 3.76. The Labute approximate surface area is 75.0 Å². The van der Waals surface area contributed by atoms with Crippen LogP contribution < -0.4 is 0 Å². The normalized spacial score (nSPS) is 12.5. The van der Waals surface area contributed by atoms with Crippen LogP contribution in [0.5, 0.6) is 0 Å². The Morgan fingerprint density at radius 1 is 1.92 bits per heavy atom. The molecule has 1 aromatic heterocycles. The number of imidazole rings is 1. The van der Waals surface area contributed by atoms with Gasteiger partial charge in [-0.25, -0.2) is 4.98 Å². The van der Waals surface area contributed by atoms with Crippen LogP contribution in [0.1, 0.15) is 18.2 Å². The minimum Gasteiger partial charge on any atom is -0.386 e. The van der Waals surface area contributed by atoms with Gasteiger partial charge in [-0.1, -0.05) is 11.6 Å². The second kappa shape index (κ2) is 3.57. The Morgan fingerprint density at radius 2 is 2.58 bits per heavy atom. The maximum absolute atomic E-state index is 9.40. The van der Waals surface area contributed by atoms with Crippen molar-refractivity contribution in [1.29, 1.82) is 5.26 Å². The Hall–Kier alpha value is -1.05. The molecule has 12 heavy (non-hydrogen) atoms. The van der Waals surface area contributed by atoms with E-state index in [4.69, 9.17) is 16.9 Å². The number of aliphatic hydroxyl groups excluding tert-OH is 1. The molecule has 0 saturated heterocycles. The van der Waals surface area contributed by atoms with Gasteiger partial charge in [-0.2, -0.15) is 5.26 Å². The fraction of sp³-hybridized carbons (Fsp3) is 0.429. The monoisotopic (exact) mass is 185 g/mol. The van der Waals surface area contributed by atoms with Crippen molar-refractivity contribution in [3.8, 4) is 6.07 Å². The molecule has 1 atom stereocenters. The molecule has 0 aromatic carbocycles. The summed E-state index contributed by atoms with van der Waals surface area (Å²) >= 11 is 5.67. The van der Waals surface area contributed by atoms with Crippen molar-refractivity contribution >= 4 is 11.6 Å². The zero-order valence-electron chi connectivity index (χ0n) is 6.53. The van der Waals surface area contributed by atoms with E-state index in [2.05, 4.69) is 4.98 Å². The summed E-state index contributed by atoms with van der Waals surface area (Å²) < 4.78 is 1.60. The van der Waals surface area contributed by atoms with Crippen molar-refractivity contribution in [2.24, 2.45) is 7.05 Å². The molecular formula is C7H8ClN3O. The zero-order chi connectivity index (χ0) is 9.14. The largest absolute Gasteiger partial charge is 0.386 e. The van der Waals surface area contributed by atoms with Gasteiger partial charge in [0.2, 0.25) is 0 Å². The molecule has 1 rings (SSSR count). The number of rotatable bonds is 2. The molecule has 0 bridgehead atoms. The van der Waals surface area contributed by atoms with Crippen LogP contribution in [0, 0.1) is 11.3 Å². The third-order valence-corrected chi connectivity index (χ3v) is 1.83. The van der Waals surface area contributed by atoms with Crippen LogP contribution in [0.3, 0.4) is 0 Å². The molecular weight excluding hydrogens is 178 g/mol. The second-order valence-electron chi connectivity index (χ2n) is 2.41. The van der Waals surface area contributed by atoms with E-state index in [9.17, 15) is 5.11 Å². The van der Waals surface area contributed by atoms with Crippen molar-refractivity contribution in [3.63, 3.8) is 0 Å². The maximum atomic E-state index is 9.40. The average Bonchev–Trinajstić information content (AvgIpc) is 2.32. The molecule has 1 heterocycles. The van der Waals surface area contributed by atoms with Crippen LogP contribution in [-0.4, -0.2) is 14.7 Å². The summed E-state index contributed by atoms with van der Waals surface area (Å²) in [5, 5.41) is 18.0. The third-order valence-electron chi connectivity index (χ3n) is 1.54. The van der Waals surface area contributed by atoms with Gasteiger partial charge in [0.1, 0.15) is 6.10 Å². The Balaban J connectivity index is 2.94. The molecule has 0 aliphatic carbocycles. The average molecular weight is 186 g/mol. The van der Waals surface area contributed by atoms with Gasteiger partial charge in [0.05, 0.1) is 24.5 Å². The van der Waals surface area contributed by atoms with Crippen LogP contribution in [0.15, 0.2) is 6.33 Å². The van der Waals surface area contributed by atoms with E-state index >= 15 is 0 Å². The van der Waals surface area contributed by atoms with Gasteiger partial charge >= 0.3 is 0 Å². The van der Waals surface area contributed by atoms with Crippen molar-refractivity contribution in [3.05, 3.63) is 17.2 Å². The number of nitrogens with zero attached hydrogens (tertiary/aromatic N) is 3. The Kier molecular flexibility index (Phi) is 2.69. The number of halogens is 1. The van der Waals surface area contributed by atoms with Gasteiger partial charge in [0, 0.05) is 7.05 Å². The number of aryl methyl sites for hydroxylation is 1. The summed E-state index contributed by atoms with van der Waals surface area (Å²) in [5.74, 6) is 0. The van der Waals surface area contributed by atoms with Crippen LogP contribution in [0.25, 0.3) is 0 Å². The van der Waals surface area contributed by atoms with E-state index in [0.717, 1.165) is 0 Å². The molecule has 64 valence electrons. The smallest absolute Gasteiger partial charge is 0.152 e. The Bertz CT molecular complexity index is 295. The highest BCUT2D eigenvalue weighted by Crippen LogP contribution is 2.22. The lowest BCUT2D eigenvalue weighted by atomic mass is 10.2. The predicted molar refractivity (Wildman–Crippen MR) is 43.4 cm³/mol. The minimum atomic E-state index is -0.852. The highest BCUT2D eigenvalue weighted by atomic mass is 35.5. The molecule has 1 aromatic rings. The molecule has 0 fully saturated rings. The number of hydrogen-bond acceptors (Lipinski definition) is 3. The SMILES string of the molecule is Cn1cnc(Cl)c1C(O)CC#N. The number of nitriles is 1. The standard InChI is InChI=1S/C7H8ClN3O/c1-11-4-10-7(8)6(11)5(12)2-3-9/h4-5,12H,2H2,1H3. The van der Waals surface area contributed by atoms with Crippen LogP contribution in [0.2, 0.25) is 5.15 Å². The molecule has 0 spiro atoms. The predicted octanol–water partition coefficient (Wildman–Crippen LogP) is 1.02. The van der Waals surface area contributed by atoms with Crippen molar-refractivity contribution < 1.29 is 5.11 Å². The molecule has 0 aliphatic heterocycles. The first kappa shape index (κ1) is 9.04. The van der Waals surface area contributed by atoms with Crippen molar-refractivity contribution in [2.75, 3.05) is 0 Å². The maximum Gasteiger partial charge on any atom is 0.152 e. The lowest BCUT2D eigenvalue weighted by Gasteiger charge is -2.06. The quantitative estimate of drug-likeness (QED) is 0.749. The molecule has 1 N–H and O–H groups in total. The topological polar surface area (TPSA) is 61.8 Å². The first-order valence-electron chi connectivity index (χ1n) is 3.38. The van der Waals surface area contributed by atoms with E-state index < -0.39 is 6.10 Å². The summed E-state index contributed by atoms with van der Waals surface area (Å²) in [6.07, 6.45) is 0.673. The summed E-state index contributed by atoms with van der Waals surface area (Å²) in [7, 11) is 1.72. The van der Waals surface area contributed by atoms with Gasteiger partial charge in [-0.15, -0.1) is 0 Å². The van der Waals surface area contributed by atoms with Crippen molar-refractivity contribution in [2.45, 2.75) is 12.5 Å². The molecule has 0 aliphatic rings. The molecule has 0 amide bonds. The van der Waals surface area contributed by atoms with E-state index in [1.807, 2.05) is 6.07 Å². The van der Waals surface area contributed by atoms with E-state index in [-0.39, 0.29) is 11.6 Å². The number of aromatic nitrogens is 2. The molecule has 4 nitrogen and oxygen atoms in total. The number of hydrogen-bond donors (Lipinski definition) is 1. The van der Waals surface area contributed by atoms with Gasteiger partial charge in [0.25, 0.3) is 0 Å². The van der Waals surface area contributed by atoms with E-state index in [0.29, 0.717) is 5.69 Å². The molecule has 0 saturated carbocycles. The van der Waals surface area contributed by atoms with Gasteiger partial charge in [-0.05, 0) is 0 Å². The molecule has 0 radical (unpaired) electrons. The summed E-state index contributed by atoms with van der Waals surface area (Å²) in [6, 6.07) is 1.86. The molecule has 1 unspecified atom stereocenters. The first-order chi connectivity index (χ1) is 5.66. The van der Waals surface area contributed by atoms with E-state index in [1.165, 1.54) is 6.33 Å². The summed E-state index contributed by atoms with van der Waals surface area (Å²) in [6.45, 7) is 0. The second-order valence-corrected chi connectivity index (χ2v) is 2.77. The minimum absolute atomic E-state index is 0.0270. The van der Waals surface area contributed by atoms with E-state index in [1.54, 1.807) is 11.6 Å². The lowest BCUT2D eigenvalue weighted by molar-refractivity contribution is 0.175. The highest BCUT2D eigenvalue weighted by molar-refractivity contribution is 6.30. The summed E-state index contributed by atoms with van der Waals surface area (Å²) in [4.78, 5) is 3.78. The summed E-state index contributed by atoms with van der Waals surface area (Å²) in [5.41, 5.74) is 0.484. The lowest BCUT2D eigenvalue weighted by Crippen LogP contribution is -2.03. The van der Waals surface area contributed by atoms with Gasteiger partial charge in [-0.3, -0.25) is 0 Å².